The average Bonchev–Trinajstić information content (AvgIpc) is 3.17. The number of ether oxygens (including phenoxy) is 4. The number of carbonyl (C=O) groups is 2. The predicted octanol–water partition coefficient (Wildman–Crippen LogP) is 3.55. The molecule has 2 rings (SSSR count). The third kappa shape index (κ3) is 6.88. The van der Waals surface area contributed by atoms with Crippen LogP contribution >= 0.6 is 0 Å². The second-order valence-electron chi connectivity index (χ2n) is 7.35. The van der Waals surface area contributed by atoms with E-state index in [1.807, 2.05) is 0 Å². The Kier molecular flexibility index (Phi) is 9.40. The number of carbonyl (C=O) groups excluding carboxylic acids is 2. The molecule has 6 heteroatoms. The van der Waals surface area contributed by atoms with Crippen molar-refractivity contribution >= 4 is 11.9 Å². The monoisotopic (exact) mass is 370 g/mol. The van der Waals surface area contributed by atoms with E-state index >= 15 is 0 Å². The minimum Gasteiger partial charge on any atom is -0.457 e. The quantitative estimate of drug-likeness (QED) is 0.386. The van der Waals surface area contributed by atoms with Crippen molar-refractivity contribution in [2.75, 3.05) is 13.2 Å². The van der Waals surface area contributed by atoms with Crippen LogP contribution in [0.5, 0.6) is 0 Å². The molecule has 0 aromatic carbocycles. The van der Waals surface area contributed by atoms with Gasteiger partial charge in [0.2, 0.25) is 0 Å². The topological polar surface area (TPSA) is 71.1 Å². The van der Waals surface area contributed by atoms with Gasteiger partial charge in [-0.25, -0.2) is 0 Å². The molecule has 0 amide bonds. The first kappa shape index (κ1) is 21.2. The molecule has 0 aliphatic carbocycles. The molecule has 0 aromatic rings. The lowest BCUT2D eigenvalue weighted by atomic mass is 10.1. The van der Waals surface area contributed by atoms with Crippen LogP contribution in [-0.4, -0.2) is 49.6 Å². The third-order valence-electron chi connectivity index (χ3n) is 5.05. The number of hydrogen-bond acceptors (Lipinski definition) is 6. The van der Waals surface area contributed by atoms with E-state index in [2.05, 4.69) is 6.92 Å². The predicted molar refractivity (Wildman–Crippen MR) is 96.8 cm³/mol. The first-order valence-corrected chi connectivity index (χ1v) is 10.2. The van der Waals surface area contributed by atoms with Gasteiger partial charge < -0.3 is 18.9 Å². The van der Waals surface area contributed by atoms with Crippen LogP contribution < -0.4 is 0 Å². The van der Waals surface area contributed by atoms with Gasteiger partial charge in [-0.2, -0.15) is 0 Å². The maximum Gasteiger partial charge on any atom is 0.306 e. The molecule has 0 radical (unpaired) electrons. The summed E-state index contributed by atoms with van der Waals surface area (Å²) in [7, 11) is 0. The van der Waals surface area contributed by atoms with Crippen molar-refractivity contribution in [3.8, 4) is 0 Å². The van der Waals surface area contributed by atoms with Crippen LogP contribution in [0.3, 0.4) is 0 Å². The van der Waals surface area contributed by atoms with Gasteiger partial charge >= 0.3 is 11.9 Å². The fourth-order valence-electron chi connectivity index (χ4n) is 3.65. The fourth-order valence-corrected chi connectivity index (χ4v) is 3.65. The van der Waals surface area contributed by atoms with Gasteiger partial charge in [0.1, 0.15) is 12.2 Å². The van der Waals surface area contributed by atoms with Gasteiger partial charge in [0, 0.05) is 13.3 Å². The van der Waals surface area contributed by atoms with Crippen molar-refractivity contribution in [3.63, 3.8) is 0 Å². The van der Waals surface area contributed by atoms with Crippen molar-refractivity contribution in [2.45, 2.75) is 102 Å². The highest BCUT2D eigenvalue weighted by molar-refractivity contribution is 5.69. The fraction of sp³-hybridized carbons (Fsp3) is 0.900. The zero-order valence-electron chi connectivity index (χ0n) is 16.2. The van der Waals surface area contributed by atoms with Crippen molar-refractivity contribution in [3.05, 3.63) is 0 Å². The summed E-state index contributed by atoms with van der Waals surface area (Å²) in [4.78, 5) is 23.1. The highest BCUT2D eigenvalue weighted by Gasteiger charge is 2.50. The van der Waals surface area contributed by atoms with E-state index in [4.69, 9.17) is 18.9 Å². The number of unbranched alkanes of at least 4 members (excludes halogenated alkanes) is 8. The summed E-state index contributed by atoms with van der Waals surface area (Å²) in [6.45, 7) is 4.19. The normalized spacial score (nSPS) is 27.3. The van der Waals surface area contributed by atoms with E-state index < -0.39 is 12.2 Å². The molecule has 2 heterocycles. The molecule has 2 aliphatic rings. The number of fused-ring (bicyclic) bond motifs is 1. The highest BCUT2D eigenvalue weighted by atomic mass is 16.7. The Bertz CT molecular complexity index is 438. The van der Waals surface area contributed by atoms with E-state index in [0.717, 1.165) is 12.8 Å². The molecule has 4 atom stereocenters. The van der Waals surface area contributed by atoms with Gasteiger partial charge in [-0.3, -0.25) is 9.59 Å². The second kappa shape index (κ2) is 11.5. The van der Waals surface area contributed by atoms with Crippen LogP contribution in [0.4, 0.5) is 0 Å². The summed E-state index contributed by atoms with van der Waals surface area (Å²) in [5, 5.41) is 0. The van der Waals surface area contributed by atoms with Crippen LogP contribution in [0.2, 0.25) is 0 Å². The average molecular weight is 370 g/mol. The zero-order valence-corrected chi connectivity index (χ0v) is 16.2. The van der Waals surface area contributed by atoms with Crippen LogP contribution in [0.25, 0.3) is 0 Å². The van der Waals surface area contributed by atoms with Gasteiger partial charge in [0.25, 0.3) is 0 Å². The van der Waals surface area contributed by atoms with Crippen LogP contribution in [0.1, 0.15) is 78.1 Å². The molecule has 26 heavy (non-hydrogen) atoms. The van der Waals surface area contributed by atoms with Gasteiger partial charge in [-0.1, -0.05) is 58.3 Å². The number of hydrogen-bond donors (Lipinski definition) is 0. The Balaban J connectivity index is 1.53. The highest BCUT2D eigenvalue weighted by Crippen LogP contribution is 2.30. The molecule has 0 saturated carbocycles. The molecule has 150 valence electrons. The summed E-state index contributed by atoms with van der Waals surface area (Å²) in [6, 6.07) is 0. The largest absolute Gasteiger partial charge is 0.457 e. The number of esters is 2. The molecule has 0 bridgehead atoms. The minimum atomic E-state index is -0.404. The summed E-state index contributed by atoms with van der Waals surface area (Å²) in [5.41, 5.74) is 0. The van der Waals surface area contributed by atoms with Crippen LogP contribution in [-0.2, 0) is 28.5 Å². The van der Waals surface area contributed by atoms with E-state index in [-0.39, 0.29) is 24.1 Å². The standard InChI is InChI=1S/C20H34O6/c1-3-4-5-6-7-8-9-10-11-12-18(22)26-17-14-24-19-16(25-15(2)21)13-23-20(17)19/h16-17,19-20H,3-14H2,1-2H3. The van der Waals surface area contributed by atoms with E-state index in [1.165, 1.54) is 51.9 Å². The van der Waals surface area contributed by atoms with Crippen molar-refractivity contribution < 1.29 is 28.5 Å². The molecule has 6 nitrogen and oxygen atoms in total. The molecular weight excluding hydrogens is 336 g/mol. The summed E-state index contributed by atoms with van der Waals surface area (Å²) < 4.78 is 21.9. The molecule has 0 N–H and O–H groups in total. The Morgan fingerprint density at radius 3 is 1.85 bits per heavy atom. The van der Waals surface area contributed by atoms with Gasteiger partial charge in [-0.15, -0.1) is 0 Å². The summed E-state index contributed by atoms with van der Waals surface area (Å²) in [5.74, 6) is -0.546. The molecule has 4 unspecified atom stereocenters. The molecule has 2 fully saturated rings. The van der Waals surface area contributed by atoms with Crippen molar-refractivity contribution in [1.82, 2.24) is 0 Å². The van der Waals surface area contributed by atoms with Crippen molar-refractivity contribution in [2.24, 2.45) is 0 Å². The third-order valence-corrected chi connectivity index (χ3v) is 5.05. The summed E-state index contributed by atoms with van der Waals surface area (Å²) in [6.07, 6.45) is 9.95. The molecule has 2 saturated heterocycles. The minimum absolute atomic E-state index is 0.193. The lowest BCUT2D eigenvalue weighted by Crippen LogP contribution is -2.35. The lowest BCUT2D eigenvalue weighted by Gasteiger charge is -2.17. The van der Waals surface area contributed by atoms with E-state index in [9.17, 15) is 9.59 Å². The first-order valence-electron chi connectivity index (χ1n) is 10.2. The Morgan fingerprint density at radius 1 is 0.808 bits per heavy atom. The zero-order chi connectivity index (χ0) is 18.8. The van der Waals surface area contributed by atoms with Gasteiger partial charge in [0.05, 0.1) is 13.2 Å². The smallest absolute Gasteiger partial charge is 0.306 e. The Hall–Kier alpha value is -1.14. The molecule has 0 aromatic heterocycles. The van der Waals surface area contributed by atoms with Crippen LogP contribution in [0.15, 0.2) is 0 Å². The second-order valence-corrected chi connectivity index (χ2v) is 7.35. The maximum absolute atomic E-state index is 12.0. The van der Waals surface area contributed by atoms with Gasteiger partial charge in [-0.05, 0) is 6.42 Å². The van der Waals surface area contributed by atoms with Gasteiger partial charge in [0.15, 0.2) is 12.2 Å². The molecular formula is C20H34O6. The Labute approximate surface area is 156 Å². The molecule has 2 aliphatic heterocycles. The van der Waals surface area contributed by atoms with E-state index in [1.54, 1.807) is 0 Å². The lowest BCUT2D eigenvalue weighted by molar-refractivity contribution is -0.154. The SMILES string of the molecule is CCCCCCCCCCCC(=O)OC1COC2C(OC(C)=O)COC12. The maximum atomic E-state index is 12.0. The van der Waals surface area contributed by atoms with Crippen LogP contribution in [0, 0.1) is 0 Å². The first-order chi connectivity index (χ1) is 12.6. The summed E-state index contributed by atoms with van der Waals surface area (Å²) >= 11 is 0. The van der Waals surface area contributed by atoms with Crippen molar-refractivity contribution in [1.29, 1.82) is 0 Å². The Morgan fingerprint density at radius 2 is 1.31 bits per heavy atom. The number of rotatable bonds is 12. The molecule has 0 spiro atoms. The van der Waals surface area contributed by atoms with E-state index in [0.29, 0.717) is 19.6 Å².